The molecule has 0 bridgehead atoms. The van der Waals surface area contributed by atoms with Crippen LogP contribution in [0.1, 0.15) is 12.8 Å². The molecule has 0 radical (unpaired) electrons. The van der Waals surface area contributed by atoms with Crippen LogP contribution < -0.4 is 0 Å². The Morgan fingerprint density at radius 1 is 1.71 bits per heavy atom. The van der Waals surface area contributed by atoms with Gasteiger partial charge in [-0.3, -0.25) is 4.90 Å². The van der Waals surface area contributed by atoms with Crippen LogP contribution in [-0.4, -0.2) is 23.4 Å². The van der Waals surface area contributed by atoms with Gasteiger partial charge in [0.2, 0.25) is 0 Å². The van der Waals surface area contributed by atoms with E-state index in [4.69, 9.17) is 0 Å². The minimum Gasteiger partial charge on any atom is -0.294 e. The van der Waals surface area contributed by atoms with Gasteiger partial charge in [0.05, 0.1) is 4.95 Å². The summed E-state index contributed by atoms with van der Waals surface area (Å²) in [6.45, 7) is 1.26. The number of rotatable bonds is 0. The van der Waals surface area contributed by atoms with Gasteiger partial charge in [0.15, 0.2) is 0 Å². The summed E-state index contributed by atoms with van der Waals surface area (Å²) in [5.41, 5.74) is 0. The van der Waals surface area contributed by atoms with E-state index < -0.39 is 0 Å². The smallest absolute Gasteiger partial charge is 0.0653 e. The van der Waals surface area contributed by atoms with Gasteiger partial charge in [-0.1, -0.05) is 15.9 Å². The monoisotopic (exact) mass is 163 g/mol. The molecule has 0 aliphatic carbocycles. The molecule has 0 N–H and O–H groups in total. The summed E-state index contributed by atoms with van der Waals surface area (Å²) >= 11 is 3.53. The molecule has 1 heterocycles. The van der Waals surface area contributed by atoms with E-state index in [1.165, 1.54) is 19.4 Å². The number of hydrogen-bond acceptors (Lipinski definition) is 1. The zero-order chi connectivity index (χ0) is 5.28. The maximum absolute atomic E-state index is 3.53. The average Bonchev–Trinajstić information content (AvgIpc) is 1.91. The van der Waals surface area contributed by atoms with Crippen LogP contribution in [0.15, 0.2) is 0 Å². The largest absolute Gasteiger partial charge is 0.294 e. The van der Waals surface area contributed by atoms with E-state index in [9.17, 15) is 0 Å². The maximum atomic E-state index is 3.53. The van der Waals surface area contributed by atoms with E-state index in [1.807, 2.05) is 0 Å². The van der Waals surface area contributed by atoms with Crippen molar-refractivity contribution in [1.29, 1.82) is 0 Å². The highest BCUT2D eigenvalue weighted by molar-refractivity contribution is 9.09. The van der Waals surface area contributed by atoms with Gasteiger partial charge in [0, 0.05) is 0 Å². The minimum absolute atomic E-state index is 0.660. The molecule has 1 aliphatic rings. The first kappa shape index (κ1) is 5.57. The highest BCUT2D eigenvalue weighted by Gasteiger charge is 2.16. The van der Waals surface area contributed by atoms with Gasteiger partial charge < -0.3 is 0 Å². The Balaban J connectivity index is 2.33. The first-order chi connectivity index (χ1) is 3.30. The highest BCUT2D eigenvalue weighted by Crippen LogP contribution is 2.18. The van der Waals surface area contributed by atoms with Crippen LogP contribution in [0.4, 0.5) is 0 Å². The quantitative estimate of drug-likeness (QED) is 0.386. The molecule has 1 fully saturated rings. The fraction of sp³-hybridized carbons (Fsp3) is 1.00. The molecule has 0 aromatic heterocycles. The lowest BCUT2D eigenvalue weighted by molar-refractivity contribution is 0.396. The molecule has 7 heavy (non-hydrogen) atoms. The number of halogens is 1. The van der Waals surface area contributed by atoms with E-state index in [2.05, 4.69) is 27.9 Å². The van der Waals surface area contributed by atoms with Crippen molar-refractivity contribution in [2.45, 2.75) is 17.8 Å². The first-order valence-corrected chi connectivity index (χ1v) is 3.56. The first-order valence-electron chi connectivity index (χ1n) is 2.65. The van der Waals surface area contributed by atoms with Gasteiger partial charge in [-0.25, -0.2) is 0 Å². The second-order valence-corrected chi connectivity index (χ2v) is 3.11. The molecule has 1 rings (SSSR count). The fourth-order valence-corrected chi connectivity index (χ4v) is 1.40. The summed E-state index contributed by atoms with van der Waals surface area (Å²) in [4.78, 5) is 2.98. The Bertz CT molecular complexity index is 57.1. The van der Waals surface area contributed by atoms with E-state index in [1.54, 1.807) is 0 Å². The van der Waals surface area contributed by atoms with Crippen molar-refractivity contribution < 1.29 is 0 Å². The summed E-state index contributed by atoms with van der Waals surface area (Å²) in [7, 11) is 2.15. The van der Waals surface area contributed by atoms with Crippen LogP contribution in [0.3, 0.4) is 0 Å². The third kappa shape index (κ3) is 1.16. The second kappa shape index (κ2) is 2.14. The maximum Gasteiger partial charge on any atom is 0.0653 e. The number of alkyl halides is 1. The Labute approximate surface area is 52.8 Å². The predicted octanol–water partition coefficient (Wildman–Crippen LogP) is 1.43. The molecule has 0 spiro atoms. The van der Waals surface area contributed by atoms with Crippen molar-refractivity contribution in [1.82, 2.24) is 4.90 Å². The van der Waals surface area contributed by atoms with Crippen molar-refractivity contribution in [2.75, 3.05) is 13.6 Å². The van der Waals surface area contributed by atoms with Crippen molar-refractivity contribution in [3.8, 4) is 0 Å². The van der Waals surface area contributed by atoms with Crippen LogP contribution in [0.2, 0.25) is 0 Å². The predicted molar refractivity (Wildman–Crippen MR) is 34.6 cm³/mol. The lowest BCUT2D eigenvalue weighted by Gasteiger charge is -2.10. The lowest BCUT2D eigenvalue weighted by Crippen LogP contribution is -2.18. The molecule has 1 nitrogen and oxygen atoms in total. The van der Waals surface area contributed by atoms with Crippen LogP contribution in [-0.2, 0) is 0 Å². The van der Waals surface area contributed by atoms with E-state index in [0.717, 1.165) is 0 Å². The summed E-state index contributed by atoms with van der Waals surface area (Å²) in [5, 5.41) is 0. The average molecular weight is 164 g/mol. The molecule has 0 aromatic carbocycles. The van der Waals surface area contributed by atoms with E-state index in [-0.39, 0.29) is 0 Å². The molecule has 1 unspecified atom stereocenters. The Morgan fingerprint density at radius 2 is 2.43 bits per heavy atom. The number of likely N-dealkylation sites (tertiary alicyclic amines) is 1. The highest BCUT2D eigenvalue weighted by atomic mass is 79.9. The van der Waals surface area contributed by atoms with Crippen molar-refractivity contribution >= 4 is 15.9 Å². The molecule has 1 atom stereocenters. The standard InChI is InChI=1S/C5H10BrN/c1-7-4-2-3-5(7)6/h5H,2-4H2,1H3. The second-order valence-electron chi connectivity index (χ2n) is 2.06. The van der Waals surface area contributed by atoms with Gasteiger partial charge in [0.1, 0.15) is 0 Å². The minimum atomic E-state index is 0.660. The van der Waals surface area contributed by atoms with Gasteiger partial charge in [0.25, 0.3) is 0 Å². The van der Waals surface area contributed by atoms with Crippen LogP contribution in [0.5, 0.6) is 0 Å². The van der Waals surface area contributed by atoms with Crippen LogP contribution >= 0.6 is 15.9 Å². The molecule has 42 valence electrons. The molecule has 0 amide bonds. The zero-order valence-electron chi connectivity index (χ0n) is 4.52. The van der Waals surface area contributed by atoms with Crippen LogP contribution in [0, 0.1) is 0 Å². The summed E-state index contributed by atoms with van der Waals surface area (Å²) in [6, 6.07) is 0. The summed E-state index contributed by atoms with van der Waals surface area (Å²) in [6.07, 6.45) is 2.67. The Hall–Kier alpha value is 0.440. The number of nitrogens with zero attached hydrogens (tertiary/aromatic N) is 1. The van der Waals surface area contributed by atoms with Crippen molar-refractivity contribution in [3.63, 3.8) is 0 Å². The third-order valence-electron chi connectivity index (χ3n) is 1.43. The van der Waals surface area contributed by atoms with E-state index >= 15 is 0 Å². The van der Waals surface area contributed by atoms with Gasteiger partial charge in [-0.2, -0.15) is 0 Å². The normalized spacial score (nSPS) is 34.3. The Kier molecular flexibility index (Phi) is 1.70. The molecular formula is C5H10BrN. The van der Waals surface area contributed by atoms with Crippen molar-refractivity contribution in [3.05, 3.63) is 0 Å². The Morgan fingerprint density at radius 3 is 2.57 bits per heavy atom. The van der Waals surface area contributed by atoms with E-state index in [0.29, 0.717) is 4.95 Å². The van der Waals surface area contributed by atoms with Gasteiger partial charge >= 0.3 is 0 Å². The fourth-order valence-electron chi connectivity index (χ4n) is 0.870. The van der Waals surface area contributed by atoms with Gasteiger partial charge in [-0.05, 0) is 26.4 Å². The summed E-state index contributed by atoms with van der Waals surface area (Å²) < 4.78 is 0. The van der Waals surface area contributed by atoms with Crippen molar-refractivity contribution in [2.24, 2.45) is 0 Å². The lowest BCUT2D eigenvalue weighted by atomic mass is 10.4. The zero-order valence-corrected chi connectivity index (χ0v) is 6.11. The van der Waals surface area contributed by atoms with Crippen LogP contribution in [0.25, 0.3) is 0 Å². The van der Waals surface area contributed by atoms with Gasteiger partial charge in [-0.15, -0.1) is 0 Å². The molecule has 1 aliphatic heterocycles. The molecule has 2 heteroatoms. The number of hydrogen-bond donors (Lipinski definition) is 0. The molecule has 0 aromatic rings. The molecule has 1 saturated heterocycles. The third-order valence-corrected chi connectivity index (χ3v) is 2.59. The topological polar surface area (TPSA) is 3.24 Å². The SMILES string of the molecule is CN1CCCC1Br. The summed E-state index contributed by atoms with van der Waals surface area (Å²) in [5.74, 6) is 0. The molecular weight excluding hydrogens is 154 g/mol. The molecule has 0 saturated carbocycles.